The van der Waals surface area contributed by atoms with Gasteiger partial charge in [-0.25, -0.2) is 4.79 Å². The van der Waals surface area contributed by atoms with Crippen LogP contribution in [0.3, 0.4) is 0 Å². The smallest absolute Gasteiger partial charge is 0.349 e. The molecule has 1 heterocycles. The Balaban J connectivity index is 1.71. The standard InChI is InChI=1S/C18H13Cl2NO3/c19-13-7-11(8-14(20)10-13)5-6-21-17(22)15-9-12-3-1-2-4-16(12)24-18(15)23/h1-4,7-10H,5-6H2,(H,21,22). The maximum atomic E-state index is 12.2. The highest BCUT2D eigenvalue weighted by molar-refractivity contribution is 6.34. The molecule has 0 saturated heterocycles. The quantitative estimate of drug-likeness (QED) is 0.712. The number of para-hydroxylation sites is 1. The van der Waals surface area contributed by atoms with Gasteiger partial charge in [-0.2, -0.15) is 0 Å². The summed E-state index contributed by atoms with van der Waals surface area (Å²) in [5.41, 5.74) is 0.681. The third-order valence-electron chi connectivity index (χ3n) is 3.51. The minimum atomic E-state index is -0.656. The van der Waals surface area contributed by atoms with Gasteiger partial charge in [0, 0.05) is 22.0 Å². The normalized spacial score (nSPS) is 10.8. The number of fused-ring (bicyclic) bond motifs is 1. The monoisotopic (exact) mass is 361 g/mol. The highest BCUT2D eigenvalue weighted by atomic mass is 35.5. The van der Waals surface area contributed by atoms with E-state index in [1.54, 1.807) is 36.4 Å². The van der Waals surface area contributed by atoms with Crippen molar-refractivity contribution in [2.24, 2.45) is 0 Å². The van der Waals surface area contributed by atoms with Gasteiger partial charge in [-0.15, -0.1) is 0 Å². The summed E-state index contributed by atoms with van der Waals surface area (Å²) < 4.78 is 5.16. The summed E-state index contributed by atoms with van der Waals surface area (Å²) in [6.07, 6.45) is 0.547. The molecule has 3 rings (SSSR count). The molecule has 3 aromatic rings. The maximum absolute atomic E-state index is 12.2. The van der Waals surface area contributed by atoms with E-state index < -0.39 is 11.5 Å². The minimum Gasteiger partial charge on any atom is -0.422 e. The summed E-state index contributed by atoms with van der Waals surface area (Å²) >= 11 is 11.9. The number of carbonyl (C=O) groups excluding carboxylic acids is 1. The maximum Gasteiger partial charge on any atom is 0.349 e. The molecule has 0 aliphatic rings. The number of hydrogen-bond acceptors (Lipinski definition) is 3. The van der Waals surface area contributed by atoms with Crippen LogP contribution in [0.1, 0.15) is 15.9 Å². The third-order valence-corrected chi connectivity index (χ3v) is 3.94. The lowest BCUT2D eigenvalue weighted by atomic mass is 10.1. The Bertz CT molecular complexity index is 946. The van der Waals surface area contributed by atoms with Crippen molar-refractivity contribution in [2.45, 2.75) is 6.42 Å². The molecule has 24 heavy (non-hydrogen) atoms. The van der Waals surface area contributed by atoms with E-state index in [1.165, 1.54) is 6.07 Å². The summed E-state index contributed by atoms with van der Waals surface area (Å²) in [5, 5.41) is 4.49. The summed E-state index contributed by atoms with van der Waals surface area (Å²) in [5.74, 6) is -0.470. The first-order chi connectivity index (χ1) is 11.5. The minimum absolute atomic E-state index is 0.0159. The van der Waals surface area contributed by atoms with E-state index in [0.717, 1.165) is 5.56 Å². The summed E-state index contributed by atoms with van der Waals surface area (Å²) in [6.45, 7) is 0.349. The Morgan fingerprint density at radius 2 is 1.75 bits per heavy atom. The Hall–Kier alpha value is -2.30. The molecule has 122 valence electrons. The third kappa shape index (κ3) is 3.78. The van der Waals surface area contributed by atoms with Gasteiger partial charge in [0.25, 0.3) is 5.91 Å². The lowest BCUT2D eigenvalue weighted by molar-refractivity contribution is 0.0950. The molecule has 0 saturated carbocycles. The molecule has 1 aromatic heterocycles. The van der Waals surface area contributed by atoms with Crippen LogP contribution < -0.4 is 10.9 Å². The SMILES string of the molecule is O=C(NCCc1cc(Cl)cc(Cl)c1)c1cc2ccccc2oc1=O. The van der Waals surface area contributed by atoms with Gasteiger partial charge in [0.2, 0.25) is 0 Å². The van der Waals surface area contributed by atoms with E-state index in [2.05, 4.69) is 5.32 Å². The van der Waals surface area contributed by atoms with Gasteiger partial charge in [0.1, 0.15) is 11.1 Å². The first-order valence-electron chi connectivity index (χ1n) is 7.29. The summed E-state index contributed by atoms with van der Waals surface area (Å²) in [6, 6.07) is 13.8. The van der Waals surface area contributed by atoms with Crippen LogP contribution >= 0.6 is 23.2 Å². The lowest BCUT2D eigenvalue weighted by Gasteiger charge is -2.06. The number of halogens is 2. The van der Waals surface area contributed by atoms with Gasteiger partial charge in [-0.3, -0.25) is 4.79 Å². The molecular weight excluding hydrogens is 349 g/mol. The van der Waals surface area contributed by atoms with Crippen molar-refractivity contribution in [1.29, 1.82) is 0 Å². The van der Waals surface area contributed by atoms with Crippen LogP contribution in [0.5, 0.6) is 0 Å². The van der Waals surface area contributed by atoms with Crippen molar-refractivity contribution in [3.8, 4) is 0 Å². The van der Waals surface area contributed by atoms with E-state index >= 15 is 0 Å². The second-order valence-electron chi connectivity index (χ2n) is 5.27. The highest BCUT2D eigenvalue weighted by Gasteiger charge is 2.13. The van der Waals surface area contributed by atoms with Crippen molar-refractivity contribution in [3.63, 3.8) is 0 Å². The molecule has 6 heteroatoms. The summed E-state index contributed by atoms with van der Waals surface area (Å²) in [7, 11) is 0. The molecule has 0 aliphatic heterocycles. The number of hydrogen-bond donors (Lipinski definition) is 1. The van der Waals surface area contributed by atoms with Crippen molar-refractivity contribution in [2.75, 3.05) is 6.54 Å². The number of amides is 1. The Labute approximate surface area is 148 Å². The zero-order valence-electron chi connectivity index (χ0n) is 12.5. The molecule has 0 spiro atoms. The first kappa shape index (κ1) is 16.6. The predicted molar refractivity (Wildman–Crippen MR) is 95.0 cm³/mol. The molecule has 1 N–H and O–H groups in total. The molecule has 0 fully saturated rings. The zero-order valence-corrected chi connectivity index (χ0v) is 14.0. The second kappa shape index (κ2) is 7.07. The second-order valence-corrected chi connectivity index (χ2v) is 6.14. The lowest BCUT2D eigenvalue weighted by Crippen LogP contribution is -2.29. The predicted octanol–water partition coefficient (Wildman–Crippen LogP) is 4.07. The Kier molecular flexibility index (Phi) is 4.88. The van der Waals surface area contributed by atoms with Crippen LogP contribution in [0.2, 0.25) is 10.0 Å². The van der Waals surface area contributed by atoms with Crippen molar-refractivity contribution < 1.29 is 9.21 Å². The molecule has 4 nitrogen and oxygen atoms in total. The molecule has 0 aliphatic carbocycles. The van der Waals surface area contributed by atoms with E-state index in [9.17, 15) is 9.59 Å². The fourth-order valence-electron chi connectivity index (χ4n) is 2.39. The highest BCUT2D eigenvalue weighted by Crippen LogP contribution is 2.19. The van der Waals surface area contributed by atoms with Gasteiger partial charge < -0.3 is 9.73 Å². The van der Waals surface area contributed by atoms with E-state index in [0.29, 0.717) is 34.0 Å². The van der Waals surface area contributed by atoms with E-state index in [-0.39, 0.29) is 5.56 Å². The van der Waals surface area contributed by atoms with Gasteiger partial charge >= 0.3 is 5.63 Å². The van der Waals surface area contributed by atoms with Crippen LogP contribution in [0.15, 0.2) is 57.7 Å². The first-order valence-corrected chi connectivity index (χ1v) is 8.04. The van der Waals surface area contributed by atoms with E-state index in [4.69, 9.17) is 27.6 Å². The van der Waals surface area contributed by atoms with Crippen molar-refractivity contribution in [1.82, 2.24) is 5.32 Å². The molecule has 2 aromatic carbocycles. The molecule has 0 atom stereocenters. The van der Waals surface area contributed by atoms with Gasteiger partial charge in [0.05, 0.1) is 0 Å². The van der Waals surface area contributed by atoms with Crippen LogP contribution in [0.25, 0.3) is 11.0 Å². The van der Waals surface area contributed by atoms with Gasteiger partial charge in [-0.1, -0.05) is 41.4 Å². The molecular formula is C18H13Cl2NO3. The Morgan fingerprint density at radius 1 is 1.04 bits per heavy atom. The number of nitrogens with one attached hydrogen (secondary N) is 1. The Morgan fingerprint density at radius 3 is 2.50 bits per heavy atom. The average molecular weight is 362 g/mol. The molecule has 1 amide bonds. The van der Waals surface area contributed by atoms with Gasteiger partial charge in [-0.05, 0) is 42.3 Å². The van der Waals surface area contributed by atoms with Crippen LogP contribution in [0, 0.1) is 0 Å². The fourth-order valence-corrected chi connectivity index (χ4v) is 2.96. The number of rotatable bonds is 4. The topological polar surface area (TPSA) is 59.3 Å². The van der Waals surface area contributed by atoms with E-state index in [1.807, 2.05) is 6.07 Å². The fraction of sp³-hybridized carbons (Fsp3) is 0.111. The number of benzene rings is 2. The van der Waals surface area contributed by atoms with Crippen LogP contribution in [-0.2, 0) is 6.42 Å². The van der Waals surface area contributed by atoms with Gasteiger partial charge in [0.15, 0.2) is 0 Å². The molecule has 0 bridgehead atoms. The van der Waals surface area contributed by atoms with Crippen LogP contribution in [-0.4, -0.2) is 12.5 Å². The molecule has 0 radical (unpaired) electrons. The summed E-state index contributed by atoms with van der Waals surface area (Å²) in [4.78, 5) is 24.1. The average Bonchev–Trinajstić information content (AvgIpc) is 2.53. The molecule has 0 unspecified atom stereocenters. The zero-order chi connectivity index (χ0) is 17.1. The van der Waals surface area contributed by atoms with Crippen molar-refractivity contribution >= 4 is 40.1 Å². The number of carbonyl (C=O) groups is 1. The van der Waals surface area contributed by atoms with Crippen LogP contribution in [0.4, 0.5) is 0 Å². The van der Waals surface area contributed by atoms with Crippen molar-refractivity contribution in [3.05, 3.63) is 80.1 Å². The largest absolute Gasteiger partial charge is 0.422 e.